The lowest BCUT2D eigenvalue weighted by Gasteiger charge is -1.99. The lowest BCUT2D eigenvalue weighted by atomic mass is 10.0. The minimum absolute atomic E-state index is 0.162. The maximum Gasteiger partial charge on any atom is 0.277 e. The van der Waals surface area contributed by atoms with E-state index in [2.05, 4.69) is 5.10 Å². The van der Waals surface area contributed by atoms with Crippen molar-refractivity contribution in [1.82, 2.24) is 9.78 Å². The quantitative estimate of drug-likeness (QED) is 0.828. The predicted octanol–water partition coefficient (Wildman–Crippen LogP) is 1.91. The zero-order valence-corrected chi connectivity index (χ0v) is 10.2. The molecule has 0 radical (unpaired) electrons. The molecule has 0 fully saturated rings. The number of halogens is 1. The molecule has 0 aliphatic heterocycles. The van der Waals surface area contributed by atoms with Crippen molar-refractivity contribution in [3.05, 3.63) is 56.5 Å². The summed E-state index contributed by atoms with van der Waals surface area (Å²) >= 11 is 5.82. The monoisotopic (exact) mass is 250 g/mol. The number of benzene rings is 1. The lowest BCUT2D eigenvalue weighted by molar-refractivity contribution is 0.103. The molecular weight excluding hydrogens is 240 g/mol. The van der Waals surface area contributed by atoms with Gasteiger partial charge in [0.05, 0.1) is 0 Å². The molecule has 2 rings (SSSR count). The van der Waals surface area contributed by atoms with E-state index in [1.807, 2.05) is 0 Å². The molecule has 2 aromatic rings. The Labute approximate surface area is 103 Å². The highest BCUT2D eigenvalue weighted by Gasteiger charge is 2.18. The van der Waals surface area contributed by atoms with Crippen molar-refractivity contribution in [2.24, 2.45) is 7.05 Å². The van der Waals surface area contributed by atoms with E-state index in [1.165, 1.54) is 4.68 Å². The number of carbonyl (C=O) groups is 1. The third kappa shape index (κ3) is 2.03. The van der Waals surface area contributed by atoms with Crippen LogP contribution in [0.3, 0.4) is 0 Å². The second-order valence-corrected chi connectivity index (χ2v) is 4.25. The van der Waals surface area contributed by atoms with Crippen LogP contribution < -0.4 is 5.56 Å². The number of aryl methyl sites for hydroxylation is 2. The maximum absolute atomic E-state index is 12.2. The lowest BCUT2D eigenvalue weighted by Crippen LogP contribution is -2.19. The van der Waals surface area contributed by atoms with Crippen LogP contribution in [-0.4, -0.2) is 15.6 Å². The van der Waals surface area contributed by atoms with Gasteiger partial charge in [0.1, 0.15) is 5.56 Å². The Morgan fingerprint density at radius 3 is 2.65 bits per heavy atom. The molecular formula is C12H11ClN2O2. The number of nitrogens with one attached hydrogen (secondary N) is 1. The summed E-state index contributed by atoms with van der Waals surface area (Å²) in [6.07, 6.45) is 0. The summed E-state index contributed by atoms with van der Waals surface area (Å²) in [5, 5.41) is 3.26. The summed E-state index contributed by atoms with van der Waals surface area (Å²) in [4.78, 5) is 23.9. The van der Waals surface area contributed by atoms with Crippen LogP contribution in [0.4, 0.5) is 0 Å². The molecule has 0 aliphatic carbocycles. The smallest absolute Gasteiger partial charge is 0.277 e. The third-order valence-electron chi connectivity index (χ3n) is 2.54. The van der Waals surface area contributed by atoms with E-state index in [9.17, 15) is 9.59 Å². The normalized spacial score (nSPS) is 10.5. The van der Waals surface area contributed by atoms with Crippen LogP contribution in [-0.2, 0) is 7.05 Å². The maximum atomic E-state index is 12.2. The number of ketones is 1. The summed E-state index contributed by atoms with van der Waals surface area (Å²) in [5.41, 5.74) is 0.807. The molecule has 1 heterocycles. The van der Waals surface area contributed by atoms with Gasteiger partial charge in [0.15, 0.2) is 0 Å². The fourth-order valence-electron chi connectivity index (χ4n) is 1.73. The number of rotatable bonds is 2. The van der Waals surface area contributed by atoms with Crippen LogP contribution >= 0.6 is 11.6 Å². The van der Waals surface area contributed by atoms with Crippen molar-refractivity contribution >= 4 is 17.4 Å². The highest BCUT2D eigenvalue weighted by Crippen LogP contribution is 2.14. The number of H-pyrrole nitrogens is 1. The fraction of sp³-hybridized carbons (Fsp3) is 0.167. The Morgan fingerprint density at radius 2 is 2.12 bits per heavy atom. The molecule has 0 unspecified atom stereocenters. The Morgan fingerprint density at radius 1 is 1.41 bits per heavy atom. The van der Waals surface area contributed by atoms with Gasteiger partial charge in [0.25, 0.3) is 5.56 Å². The van der Waals surface area contributed by atoms with E-state index in [4.69, 9.17) is 11.6 Å². The molecule has 88 valence electrons. The minimum atomic E-state index is -0.326. The molecule has 5 heteroatoms. The van der Waals surface area contributed by atoms with E-state index >= 15 is 0 Å². The molecule has 1 aromatic heterocycles. The summed E-state index contributed by atoms with van der Waals surface area (Å²) in [5.74, 6) is -0.313. The summed E-state index contributed by atoms with van der Waals surface area (Å²) in [6.45, 7) is 1.69. The molecule has 0 bridgehead atoms. The predicted molar refractivity (Wildman–Crippen MR) is 65.7 cm³/mol. The molecule has 0 saturated heterocycles. The molecule has 1 aromatic carbocycles. The number of aromatic amines is 1. The average Bonchev–Trinajstić information content (AvgIpc) is 2.52. The second-order valence-electron chi connectivity index (χ2n) is 3.82. The molecule has 17 heavy (non-hydrogen) atoms. The van der Waals surface area contributed by atoms with Crippen LogP contribution in [0, 0.1) is 6.92 Å². The van der Waals surface area contributed by atoms with Gasteiger partial charge in [-0.3, -0.25) is 19.4 Å². The standard InChI is InChI=1S/C12H11ClN2O2/c1-7-10(12(17)15(2)14-7)11(16)8-4-3-5-9(13)6-8/h3-6,14H,1-2H3. The van der Waals surface area contributed by atoms with Gasteiger partial charge in [-0.2, -0.15) is 0 Å². The van der Waals surface area contributed by atoms with Crippen LogP contribution in [0.1, 0.15) is 21.6 Å². The third-order valence-corrected chi connectivity index (χ3v) is 2.78. The van der Waals surface area contributed by atoms with Crippen molar-refractivity contribution in [3.63, 3.8) is 0 Å². The summed E-state index contributed by atoms with van der Waals surface area (Å²) in [7, 11) is 1.57. The first-order chi connectivity index (χ1) is 8.00. The highest BCUT2D eigenvalue weighted by atomic mass is 35.5. The molecule has 0 spiro atoms. The van der Waals surface area contributed by atoms with E-state index in [1.54, 1.807) is 38.2 Å². The SMILES string of the molecule is Cc1[nH]n(C)c(=O)c1C(=O)c1cccc(Cl)c1. The van der Waals surface area contributed by atoms with Crippen LogP contribution in [0.2, 0.25) is 5.02 Å². The number of aromatic nitrogens is 2. The zero-order chi connectivity index (χ0) is 12.6. The first-order valence-electron chi connectivity index (χ1n) is 5.06. The van der Waals surface area contributed by atoms with Crippen molar-refractivity contribution in [1.29, 1.82) is 0 Å². The number of carbonyl (C=O) groups excluding carboxylic acids is 1. The van der Waals surface area contributed by atoms with Crippen LogP contribution in [0.5, 0.6) is 0 Å². The van der Waals surface area contributed by atoms with Gasteiger partial charge in [-0.05, 0) is 19.1 Å². The van der Waals surface area contributed by atoms with Gasteiger partial charge >= 0.3 is 0 Å². The number of hydrogen-bond acceptors (Lipinski definition) is 2. The molecule has 1 N–H and O–H groups in total. The van der Waals surface area contributed by atoms with Crippen LogP contribution in [0.25, 0.3) is 0 Å². The van der Waals surface area contributed by atoms with Gasteiger partial charge < -0.3 is 0 Å². The number of hydrogen-bond donors (Lipinski definition) is 1. The van der Waals surface area contributed by atoms with Crippen molar-refractivity contribution in [2.75, 3.05) is 0 Å². The molecule has 0 saturated carbocycles. The first kappa shape index (κ1) is 11.7. The van der Waals surface area contributed by atoms with Crippen LogP contribution in [0.15, 0.2) is 29.1 Å². The molecule has 0 aliphatic rings. The summed E-state index contributed by atoms with van der Waals surface area (Å²) in [6, 6.07) is 6.55. The Hall–Kier alpha value is -1.81. The van der Waals surface area contributed by atoms with E-state index in [0.29, 0.717) is 16.3 Å². The van der Waals surface area contributed by atoms with Gasteiger partial charge in [0, 0.05) is 23.3 Å². The molecule has 4 nitrogen and oxygen atoms in total. The van der Waals surface area contributed by atoms with E-state index in [0.717, 1.165) is 0 Å². The van der Waals surface area contributed by atoms with Gasteiger partial charge in [-0.1, -0.05) is 23.7 Å². The Bertz CT molecular complexity index is 640. The first-order valence-corrected chi connectivity index (χ1v) is 5.44. The van der Waals surface area contributed by atoms with Crippen molar-refractivity contribution < 1.29 is 4.79 Å². The summed E-state index contributed by atoms with van der Waals surface area (Å²) < 4.78 is 1.28. The van der Waals surface area contributed by atoms with Crippen molar-refractivity contribution in [3.8, 4) is 0 Å². The van der Waals surface area contributed by atoms with E-state index < -0.39 is 0 Å². The second kappa shape index (κ2) is 4.22. The van der Waals surface area contributed by atoms with E-state index in [-0.39, 0.29) is 16.9 Å². The van der Waals surface area contributed by atoms with Gasteiger partial charge in [0.2, 0.25) is 5.78 Å². The average molecular weight is 251 g/mol. The Balaban J connectivity index is 2.55. The largest absolute Gasteiger partial charge is 0.299 e. The fourth-order valence-corrected chi connectivity index (χ4v) is 1.92. The van der Waals surface area contributed by atoms with Gasteiger partial charge in [-0.15, -0.1) is 0 Å². The minimum Gasteiger partial charge on any atom is -0.299 e. The highest BCUT2D eigenvalue weighted by molar-refractivity contribution is 6.31. The van der Waals surface area contributed by atoms with Crippen molar-refractivity contribution in [2.45, 2.75) is 6.92 Å². The molecule has 0 amide bonds. The molecule has 0 atom stereocenters. The zero-order valence-electron chi connectivity index (χ0n) is 9.45. The Kier molecular flexibility index (Phi) is 2.90. The topological polar surface area (TPSA) is 54.9 Å². The van der Waals surface area contributed by atoms with Gasteiger partial charge in [-0.25, -0.2) is 0 Å². The number of nitrogens with zero attached hydrogens (tertiary/aromatic N) is 1.